The van der Waals surface area contributed by atoms with Crippen molar-refractivity contribution in [2.24, 2.45) is 5.73 Å². The maximum atomic E-state index is 9.76. The SMILES string of the molecule is CCOc1ccc(C(N)C(C)(C)O)cc1. The van der Waals surface area contributed by atoms with E-state index < -0.39 is 5.60 Å². The lowest BCUT2D eigenvalue weighted by molar-refractivity contribution is 0.0517. The largest absolute Gasteiger partial charge is 0.494 e. The van der Waals surface area contributed by atoms with Gasteiger partial charge in [-0.1, -0.05) is 12.1 Å². The van der Waals surface area contributed by atoms with Crippen molar-refractivity contribution >= 4 is 0 Å². The second-order valence-corrected chi connectivity index (χ2v) is 4.13. The lowest BCUT2D eigenvalue weighted by Gasteiger charge is -2.26. The zero-order valence-corrected chi connectivity index (χ0v) is 9.53. The average molecular weight is 209 g/mol. The van der Waals surface area contributed by atoms with Crippen molar-refractivity contribution < 1.29 is 9.84 Å². The molecule has 0 aromatic heterocycles. The maximum Gasteiger partial charge on any atom is 0.119 e. The first-order valence-corrected chi connectivity index (χ1v) is 5.16. The fourth-order valence-corrected chi connectivity index (χ4v) is 1.35. The highest BCUT2D eigenvalue weighted by Crippen LogP contribution is 2.24. The molecule has 3 N–H and O–H groups in total. The molecule has 1 unspecified atom stereocenters. The fraction of sp³-hybridized carbons (Fsp3) is 0.500. The molecule has 0 fully saturated rings. The van der Waals surface area contributed by atoms with Gasteiger partial charge in [-0.15, -0.1) is 0 Å². The Balaban J connectivity index is 2.80. The first-order valence-electron chi connectivity index (χ1n) is 5.16. The number of benzene rings is 1. The Morgan fingerprint density at radius 2 is 1.87 bits per heavy atom. The standard InChI is InChI=1S/C12H19NO2/c1-4-15-10-7-5-9(6-8-10)11(13)12(2,3)14/h5-8,11,14H,4,13H2,1-3H3. The number of hydrogen-bond acceptors (Lipinski definition) is 3. The van der Waals surface area contributed by atoms with E-state index in [1.54, 1.807) is 13.8 Å². The van der Waals surface area contributed by atoms with E-state index in [1.807, 2.05) is 31.2 Å². The number of ether oxygens (including phenoxy) is 1. The average Bonchev–Trinajstić information content (AvgIpc) is 2.17. The van der Waals surface area contributed by atoms with Crippen LogP contribution in [-0.2, 0) is 0 Å². The third-order valence-electron chi connectivity index (χ3n) is 2.31. The third-order valence-corrected chi connectivity index (χ3v) is 2.31. The lowest BCUT2D eigenvalue weighted by atomic mass is 9.93. The van der Waals surface area contributed by atoms with Gasteiger partial charge in [-0.25, -0.2) is 0 Å². The molecule has 1 aromatic carbocycles. The Morgan fingerprint density at radius 1 is 1.33 bits per heavy atom. The van der Waals surface area contributed by atoms with Crippen molar-refractivity contribution in [2.45, 2.75) is 32.4 Å². The van der Waals surface area contributed by atoms with E-state index in [0.717, 1.165) is 11.3 Å². The van der Waals surface area contributed by atoms with Gasteiger partial charge in [-0.2, -0.15) is 0 Å². The van der Waals surface area contributed by atoms with Crippen LogP contribution in [0.15, 0.2) is 24.3 Å². The van der Waals surface area contributed by atoms with E-state index in [9.17, 15) is 5.11 Å². The van der Waals surface area contributed by atoms with Crippen molar-refractivity contribution in [1.82, 2.24) is 0 Å². The molecule has 0 amide bonds. The second-order valence-electron chi connectivity index (χ2n) is 4.13. The summed E-state index contributed by atoms with van der Waals surface area (Å²) in [4.78, 5) is 0. The van der Waals surface area contributed by atoms with Gasteiger partial charge in [0.25, 0.3) is 0 Å². The van der Waals surface area contributed by atoms with E-state index in [2.05, 4.69) is 0 Å². The Labute approximate surface area is 90.9 Å². The molecule has 0 aliphatic heterocycles. The smallest absolute Gasteiger partial charge is 0.119 e. The summed E-state index contributed by atoms with van der Waals surface area (Å²) in [5.74, 6) is 0.823. The quantitative estimate of drug-likeness (QED) is 0.795. The molecular formula is C12H19NO2. The van der Waals surface area contributed by atoms with E-state index in [-0.39, 0.29) is 6.04 Å². The van der Waals surface area contributed by atoms with Gasteiger partial charge in [0.2, 0.25) is 0 Å². The first-order chi connectivity index (χ1) is 6.95. The molecule has 0 aliphatic carbocycles. The summed E-state index contributed by atoms with van der Waals surface area (Å²) in [7, 11) is 0. The normalized spacial score (nSPS) is 13.7. The summed E-state index contributed by atoms with van der Waals surface area (Å²) in [6.45, 7) is 6.00. The molecule has 0 bridgehead atoms. The monoisotopic (exact) mass is 209 g/mol. The number of aliphatic hydroxyl groups is 1. The molecule has 0 spiro atoms. The Bertz CT molecular complexity index is 300. The Hall–Kier alpha value is -1.06. The predicted octanol–water partition coefficient (Wildman–Crippen LogP) is 1.86. The van der Waals surface area contributed by atoms with Crippen LogP contribution in [0.5, 0.6) is 5.75 Å². The van der Waals surface area contributed by atoms with E-state index in [4.69, 9.17) is 10.5 Å². The molecule has 0 saturated carbocycles. The molecule has 1 atom stereocenters. The number of hydrogen-bond donors (Lipinski definition) is 2. The summed E-state index contributed by atoms with van der Waals surface area (Å²) in [6, 6.07) is 7.11. The number of nitrogens with two attached hydrogens (primary N) is 1. The van der Waals surface area contributed by atoms with Gasteiger partial charge in [0.15, 0.2) is 0 Å². The van der Waals surface area contributed by atoms with Crippen LogP contribution in [0.25, 0.3) is 0 Å². The van der Waals surface area contributed by atoms with Gasteiger partial charge in [0.05, 0.1) is 18.2 Å². The molecule has 15 heavy (non-hydrogen) atoms. The van der Waals surface area contributed by atoms with Crippen LogP contribution < -0.4 is 10.5 Å². The maximum absolute atomic E-state index is 9.76. The highest BCUT2D eigenvalue weighted by Gasteiger charge is 2.24. The first kappa shape index (κ1) is 12.0. The minimum absolute atomic E-state index is 0.381. The van der Waals surface area contributed by atoms with Crippen LogP contribution in [0, 0.1) is 0 Å². The van der Waals surface area contributed by atoms with Gasteiger partial charge in [0.1, 0.15) is 5.75 Å². The predicted molar refractivity (Wildman–Crippen MR) is 60.8 cm³/mol. The Morgan fingerprint density at radius 3 is 2.27 bits per heavy atom. The third kappa shape index (κ3) is 3.22. The van der Waals surface area contributed by atoms with Crippen molar-refractivity contribution in [2.75, 3.05) is 6.61 Å². The van der Waals surface area contributed by atoms with Crippen molar-refractivity contribution in [3.8, 4) is 5.75 Å². The summed E-state index contributed by atoms with van der Waals surface area (Å²) in [6.07, 6.45) is 0. The van der Waals surface area contributed by atoms with Crippen LogP contribution >= 0.6 is 0 Å². The van der Waals surface area contributed by atoms with Gasteiger partial charge < -0.3 is 15.6 Å². The summed E-state index contributed by atoms with van der Waals surface area (Å²) in [5.41, 5.74) is 5.90. The summed E-state index contributed by atoms with van der Waals surface area (Å²) >= 11 is 0. The molecule has 1 aromatic rings. The van der Waals surface area contributed by atoms with Crippen LogP contribution in [0.1, 0.15) is 32.4 Å². The molecule has 1 rings (SSSR count). The van der Waals surface area contributed by atoms with Gasteiger partial charge in [-0.05, 0) is 38.5 Å². The van der Waals surface area contributed by atoms with Crippen LogP contribution in [0.3, 0.4) is 0 Å². The molecule has 3 heteroatoms. The van der Waals surface area contributed by atoms with Gasteiger partial charge >= 0.3 is 0 Å². The van der Waals surface area contributed by atoms with E-state index >= 15 is 0 Å². The summed E-state index contributed by atoms with van der Waals surface area (Å²) in [5, 5.41) is 9.76. The molecular weight excluding hydrogens is 190 g/mol. The topological polar surface area (TPSA) is 55.5 Å². The highest BCUT2D eigenvalue weighted by atomic mass is 16.5. The molecule has 0 radical (unpaired) electrons. The minimum Gasteiger partial charge on any atom is -0.494 e. The highest BCUT2D eigenvalue weighted by molar-refractivity contribution is 5.30. The van der Waals surface area contributed by atoms with Crippen molar-refractivity contribution in [1.29, 1.82) is 0 Å². The van der Waals surface area contributed by atoms with Crippen molar-refractivity contribution in [3.63, 3.8) is 0 Å². The minimum atomic E-state index is -0.910. The van der Waals surface area contributed by atoms with E-state index in [1.165, 1.54) is 0 Å². The fourth-order valence-electron chi connectivity index (χ4n) is 1.35. The van der Waals surface area contributed by atoms with E-state index in [0.29, 0.717) is 6.61 Å². The molecule has 0 heterocycles. The zero-order valence-electron chi connectivity index (χ0n) is 9.53. The Kier molecular flexibility index (Phi) is 3.72. The van der Waals surface area contributed by atoms with Crippen LogP contribution in [-0.4, -0.2) is 17.3 Å². The van der Waals surface area contributed by atoms with Crippen LogP contribution in [0.4, 0.5) is 0 Å². The second kappa shape index (κ2) is 4.64. The lowest BCUT2D eigenvalue weighted by Crippen LogP contribution is -2.34. The molecule has 3 nitrogen and oxygen atoms in total. The van der Waals surface area contributed by atoms with Crippen LogP contribution in [0.2, 0.25) is 0 Å². The molecule has 0 saturated heterocycles. The van der Waals surface area contributed by atoms with Gasteiger partial charge in [-0.3, -0.25) is 0 Å². The summed E-state index contributed by atoms with van der Waals surface area (Å²) < 4.78 is 5.32. The molecule has 0 aliphatic rings. The number of rotatable bonds is 4. The zero-order chi connectivity index (χ0) is 11.5. The van der Waals surface area contributed by atoms with Gasteiger partial charge in [0, 0.05) is 0 Å². The molecule has 84 valence electrons. The van der Waals surface area contributed by atoms with Crippen molar-refractivity contribution in [3.05, 3.63) is 29.8 Å².